The second-order valence-corrected chi connectivity index (χ2v) is 5.89. The van der Waals surface area contributed by atoms with Crippen molar-refractivity contribution in [3.8, 4) is 0 Å². The summed E-state index contributed by atoms with van der Waals surface area (Å²) in [5.41, 5.74) is -0.738. The van der Waals surface area contributed by atoms with Gasteiger partial charge in [-0.25, -0.2) is 4.79 Å². The summed E-state index contributed by atoms with van der Waals surface area (Å²) in [6.07, 6.45) is 1.59. The van der Waals surface area contributed by atoms with Crippen molar-refractivity contribution in [3.05, 3.63) is 0 Å². The molecule has 2 N–H and O–H groups in total. The van der Waals surface area contributed by atoms with Crippen LogP contribution in [0.2, 0.25) is 0 Å². The molecule has 0 aromatic heterocycles. The lowest BCUT2D eigenvalue weighted by Gasteiger charge is -2.33. The number of hydrogen-bond acceptors (Lipinski definition) is 3. The van der Waals surface area contributed by atoms with Crippen molar-refractivity contribution < 1.29 is 24.6 Å². The number of carboxylic acids is 2. The molecule has 0 rings (SSSR count). The van der Waals surface area contributed by atoms with Gasteiger partial charge in [0.2, 0.25) is 5.91 Å². The van der Waals surface area contributed by atoms with Crippen LogP contribution in [0.25, 0.3) is 0 Å². The van der Waals surface area contributed by atoms with Crippen molar-refractivity contribution in [3.63, 3.8) is 0 Å². The van der Waals surface area contributed by atoms with Crippen molar-refractivity contribution in [1.29, 1.82) is 0 Å². The molecule has 0 aliphatic rings. The lowest BCUT2D eigenvalue weighted by atomic mass is 9.93. The molecular weight excluding hydrogens is 262 g/mol. The van der Waals surface area contributed by atoms with Crippen LogP contribution in [0.4, 0.5) is 0 Å². The molecule has 0 saturated heterocycles. The van der Waals surface area contributed by atoms with E-state index in [4.69, 9.17) is 5.11 Å². The molecule has 1 amide bonds. The molecule has 6 heteroatoms. The molecule has 1 unspecified atom stereocenters. The highest BCUT2D eigenvalue weighted by atomic mass is 16.4. The van der Waals surface area contributed by atoms with E-state index in [0.717, 1.165) is 6.42 Å². The highest BCUT2D eigenvalue weighted by Gasteiger charge is 2.35. The fourth-order valence-electron chi connectivity index (χ4n) is 1.86. The van der Waals surface area contributed by atoms with Gasteiger partial charge in [-0.05, 0) is 6.42 Å². The number of carbonyl (C=O) groups excluding carboxylic acids is 1. The van der Waals surface area contributed by atoms with E-state index in [2.05, 4.69) is 0 Å². The Hall–Kier alpha value is -1.59. The first kappa shape index (κ1) is 18.4. The molecule has 0 heterocycles. The number of carboxylic acid groups (broad SMARTS) is 2. The lowest BCUT2D eigenvalue weighted by molar-refractivity contribution is -0.155. The Bertz CT molecular complexity index is 359. The summed E-state index contributed by atoms with van der Waals surface area (Å²) in [4.78, 5) is 35.6. The van der Waals surface area contributed by atoms with Gasteiger partial charge in [0.05, 0.1) is 6.42 Å². The quantitative estimate of drug-likeness (QED) is 0.711. The molecular formula is C14H25NO5. The average Bonchev–Trinajstić information content (AvgIpc) is 2.30. The third-order valence-corrected chi connectivity index (χ3v) is 2.96. The van der Waals surface area contributed by atoms with Crippen LogP contribution in [0.15, 0.2) is 0 Å². The van der Waals surface area contributed by atoms with Gasteiger partial charge in [-0.15, -0.1) is 0 Å². The first-order valence-electron chi connectivity index (χ1n) is 6.87. The van der Waals surface area contributed by atoms with Crippen molar-refractivity contribution in [1.82, 2.24) is 4.90 Å². The summed E-state index contributed by atoms with van der Waals surface area (Å²) in [5.74, 6) is -2.46. The van der Waals surface area contributed by atoms with Gasteiger partial charge in [0.15, 0.2) is 0 Å². The van der Waals surface area contributed by atoms with Crippen LogP contribution in [0.1, 0.15) is 53.4 Å². The number of nitrogens with zero attached hydrogens (tertiary/aromatic N) is 1. The number of hydrogen-bond donors (Lipinski definition) is 2. The molecule has 0 aromatic carbocycles. The van der Waals surface area contributed by atoms with E-state index in [1.54, 1.807) is 20.8 Å². The van der Waals surface area contributed by atoms with E-state index in [1.165, 1.54) is 4.90 Å². The maximum atomic E-state index is 12.4. The summed E-state index contributed by atoms with van der Waals surface area (Å²) in [6.45, 7) is 6.95. The highest BCUT2D eigenvalue weighted by Crippen LogP contribution is 2.21. The molecule has 0 spiro atoms. The minimum Gasteiger partial charge on any atom is -0.481 e. The Labute approximate surface area is 119 Å². The second kappa shape index (κ2) is 7.87. The largest absolute Gasteiger partial charge is 0.481 e. The van der Waals surface area contributed by atoms with Crippen molar-refractivity contribution >= 4 is 17.8 Å². The molecule has 0 bridgehead atoms. The smallest absolute Gasteiger partial charge is 0.326 e. The van der Waals surface area contributed by atoms with E-state index in [1.807, 2.05) is 6.92 Å². The number of amides is 1. The maximum Gasteiger partial charge on any atom is 0.326 e. The fraction of sp³-hybridized carbons (Fsp3) is 0.786. The predicted octanol–water partition coefficient (Wildman–Crippen LogP) is 1.98. The van der Waals surface area contributed by atoms with Gasteiger partial charge in [0.1, 0.15) is 6.04 Å². The van der Waals surface area contributed by atoms with Crippen LogP contribution < -0.4 is 0 Å². The van der Waals surface area contributed by atoms with Gasteiger partial charge in [0.25, 0.3) is 0 Å². The number of carbonyl (C=O) groups is 3. The summed E-state index contributed by atoms with van der Waals surface area (Å²) in [5, 5.41) is 18.1. The highest BCUT2D eigenvalue weighted by molar-refractivity contribution is 5.87. The normalized spacial score (nSPS) is 12.8. The van der Waals surface area contributed by atoms with Crippen molar-refractivity contribution in [2.75, 3.05) is 6.54 Å². The van der Waals surface area contributed by atoms with Gasteiger partial charge in [0, 0.05) is 12.0 Å². The third-order valence-electron chi connectivity index (χ3n) is 2.96. The SMILES string of the molecule is CCCCC(C(=O)O)N(CCC(=O)O)C(=O)C(C)(C)C. The van der Waals surface area contributed by atoms with E-state index in [-0.39, 0.29) is 18.9 Å². The summed E-state index contributed by atoms with van der Waals surface area (Å²) in [7, 11) is 0. The maximum absolute atomic E-state index is 12.4. The predicted molar refractivity (Wildman–Crippen MR) is 74.4 cm³/mol. The molecule has 20 heavy (non-hydrogen) atoms. The standard InChI is InChI=1S/C14H25NO5/c1-5-6-7-10(12(18)19)15(9-8-11(16)17)13(20)14(2,3)4/h10H,5-9H2,1-4H3,(H,16,17)(H,18,19). The monoisotopic (exact) mass is 287 g/mol. The minimum atomic E-state index is -1.08. The molecule has 1 atom stereocenters. The molecule has 0 aliphatic heterocycles. The third kappa shape index (κ3) is 6.04. The molecule has 0 radical (unpaired) electrons. The Balaban J connectivity index is 5.18. The number of rotatable bonds is 8. The average molecular weight is 287 g/mol. The zero-order valence-corrected chi connectivity index (χ0v) is 12.7. The van der Waals surface area contributed by atoms with Crippen LogP contribution in [0.5, 0.6) is 0 Å². The molecule has 0 fully saturated rings. The fourth-order valence-corrected chi connectivity index (χ4v) is 1.86. The van der Waals surface area contributed by atoms with E-state index in [9.17, 15) is 19.5 Å². The lowest BCUT2D eigenvalue weighted by Crippen LogP contribution is -2.50. The molecule has 0 aliphatic carbocycles. The van der Waals surface area contributed by atoms with Gasteiger partial charge < -0.3 is 15.1 Å². The van der Waals surface area contributed by atoms with E-state index < -0.39 is 23.4 Å². The van der Waals surface area contributed by atoms with Crippen LogP contribution in [0, 0.1) is 5.41 Å². The van der Waals surface area contributed by atoms with Gasteiger partial charge in [-0.2, -0.15) is 0 Å². The van der Waals surface area contributed by atoms with Gasteiger partial charge in [-0.3, -0.25) is 9.59 Å². The number of aliphatic carboxylic acids is 2. The zero-order chi connectivity index (χ0) is 15.9. The Morgan fingerprint density at radius 1 is 1.15 bits per heavy atom. The second-order valence-electron chi connectivity index (χ2n) is 5.89. The molecule has 116 valence electrons. The van der Waals surface area contributed by atoms with Gasteiger partial charge in [-0.1, -0.05) is 40.5 Å². The topological polar surface area (TPSA) is 94.9 Å². The van der Waals surface area contributed by atoms with Crippen LogP contribution in [-0.2, 0) is 14.4 Å². The zero-order valence-electron chi connectivity index (χ0n) is 12.7. The Morgan fingerprint density at radius 2 is 1.70 bits per heavy atom. The Morgan fingerprint density at radius 3 is 2.05 bits per heavy atom. The summed E-state index contributed by atoms with van der Waals surface area (Å²) >= 11 is 0. The van der Waals surface area contributed by atoms with Gasteiger partial charge >= 0.3 is 11.9 Å². The first-order chi connectivity index (χ1) is 9.11. The molecule has 6 nitrogen and oxygen atoms in total. The van der Waals surface area contributed by atoms with Crippen molar-refractivity contribution in [2.24, 2.45) is 5.41 Å². The number of unbranched alkanes of at least 4 members (excludes halogenated alkanes) is 1. The van der Waals surface area contributed by atoms with Crippen LogP contribution in [0.3, 0.4) is 0 Å². The van der Waals surface area contributed by atoms with E-state index >= 15 is 0 Å². The van der Waals surface area contributed by atoms with Crippen molar-refractivity contribution in [2.45, 2.75) is 59.4 Å². The molecule has 0 saturated carbocycles. The summed E-state index contributed by atoms with van der Waals surface area (Å²) in [6, 6.07) is -0.957. The summed E-state index contributed by atoms with van der Waals surface area (Å²) < 4.78 is 0. The first-order valence-corrected chi connectivity index (χ1v) is 6.87. The van der Waals surface area contributed by atoms with Crippen LogP contribution >= 0.6 is 0 Å². The molecule has 0 aromatic rings. The van der Waals surface area contributed by atoms with Crippen LogP contribution in [-0.4, -0.2) is 45.5 Å². The minimum absolute atomic E-state index is 0.0773. The van der Waals surface area contributed by atoms with E-state index in [0.29, 0.717) is 12.8 Å². The Kier molecular flexibility index (Phi) is 7.24.